The highest BCUT2D eigenvalue weighted by atomic mass is 127. The molecule has 0 atom stereocenters. The van der Waals surface area contributed by atoms with E-state index in [0.717, 1.165) is 8.47 Å². The number of hydrogen-bond acceptors (Lipinski definition) is 4. The van der Waals surface area contributed by atoms with Gasteiger partial charge >= 0.3 is 0 Å². The third-order valence-corrected chi connectivity index (χ3v) is 7.58. The maximum atomic E-state index is 12.9. The molecule has 0 fully saturated rings. The smallest absolute Gasteiger partial charge is 0.264 e. The molecule has 1 amide bonds. The second-order valence-electron chi connectivity index (χ2n) is 6.16. The standard InChI is InChI=1S/C21H19IN2O3S2/c1-24(29(26,27)20-13-11-19(28-2)12-14-20)18-9-3-15(4-10-18)21(25)23-17-7-5-16(22)6-8-17/h3-14H,1-2H3,(H,23,25). The van der Waals surface area contributed by atoms with Crippen molar-refractivity contribution in [3.63, 3.8) is 0 Å². The third kappa shape index (κ3) is 5.12. The maximum Gasteiger partial charge on any atom is 0.264 e. The van der Waals surface area contributed by atoms with E-state index in [1.165, 1.54) is 11.4 Å². The summed E-state index contributed by atoms with van der Waals surface area (Å²) in [5, 5.41) is 2.82. The van der Waals surface area contributed by atoms with Gasteiger partial charge in [-0.1, -0.05) is 0 Å². The Morgan fingerprint density at radius 2 is 1.52 bits per heavy atom. The monoisotopic (exact) mass is 538 g/mol. The second kappa shape index (κ2) is 9.19. The van der Waals surface area contributed by atoms with Gasteiger partial charge in [-0.05, 0) is 102 Å². The topological polar surface area (TPSA) is 66.5 Å². The van der Waals surface area contributed by atoms with Crippen LogP contribution in [0, 0.1) is 3.57 Å². The Balaban J connectivity index is 1.75. The van der Waals surface area contributed by atoms with Gasteiger partial charge in [-0.3, -0.25) is 9.10 Å². The molecule has 0 aromatic heterocycles. The molecule has 0 saturated carbocycles. The van der Waals surface area contributed by atoms with Crippen LogP contribution >= 0.6 is 34.4 Å². The SMILES string of the molecule is CSc1ccc(S(=O)(=O)N(C)c2ccc(C(=O)Nc3ccc(I)cc3)cc2)cc1. The van der Waals surface area contributed by atoms with Gasteiger partial charge in [0.2, 0.25) is 0 Å². The van der Waals surface area contributed by atoms with Gasteiger partial charge in [0.05, 0.1) is 10.6 Å². The van der Waals surface area contributed by atoms with Crippen molar-refractivity contribution in [3.8, 4) is 0 Å². The molecule has 150 valence electrons. The Hall–Kier alpha value is -2.04. The molecular formula is C21H19IN2O3S2. The molecule has 0 radical (unpaired) electrons. The fraction of sp³-hybridized carbons (Fsp3) is 0.0952. The van der Waals surface area contributed by atoms with Crippen LogP contribution in [0.15, 0.2) is 82.6 Å². The predicted octanol–water partition coefficient (Wildman–Crippen LogP) is 5.09. The van der Waals surface area contributed by atoms with Gasteiger partial charge in [0.1, 0.15) is 0 Å². The summed E-state index contributed by atoms with van der Waals surface area (Å²) in [5.74, 6) is -0.254. The highest BCUT2D eigenvalue weighted by Gasteiger charge is 2.21. The lowest BCUT2D eigenvalue weighted by molar-refractivity contribution is 0.102. The first-order valence-corrected chi connectivity index (χ1v) is 12.4. The number of sulfonamides is 1. The normalized spacial score (nSPS) is 11.1. The lowest BCUT2D eigenvalue weighted by Gasteiger charge is -2.20. The van der Waals surface area contributed by atoms with Gasteiger partial charge < -0.3 is 5.32 Å². The van der Waals surface area contributed by atoms with Gasteiger partial charge in [-0.25, -0.2) is 8.42 Å². The van der Waals surface area contributed by atoms with E-state index in [9.17, 15) is 13.2 Å². The lowest BCUT2D eigenvalue weighted by Crippen LogP contribution is -2.26. The Labute approximate surface area is 188 Å². The fourth-order valence-electron chi connectivity index (χ4n) is 2.60. The summed E-state index contributed by atoms with van der Waals surface area (Å²) >= 11 is 3.75. The van der Waals surface area contributed by atoms with Crippen molar-refractivity contribution in [2.45, 2.75) is 9.79 Å². The Morgan fingerprint density at radius 1 is 0.931 bits per heavy atom. The zero-order valence-corrected chi connectivity index (χ0v) is 19.6. The number of nitrogens with zero attached hydrogens (tertiary/aromatic N) is 1. The van der Waals surface area contributed by atoms with E-state index in [2.05, 4.69) is 27.9 Å². The number of carbonyl (C=O) groups is 1. The Kier molecular flexibility index (Phi) is 6.86. The number of benzene rings is 3. The van der Waals surface area contributed by atoms with E-state index in [1.807, 2.05) is 30.5 Å². The van der Waals surface area contributed by atoms with Gasteiger partial charge in [-0.2, -0.15) is 0 Å². The number of halogens is 1. The third-order valence-electron chi connectivity index (χ3n) is 4.31. The van der Waals surface area contributed by atoms with Crippen molar-refractivity contribution in [2.75, 3.05) is 22.9 Å². The van der Waals surface area contributed by atoms with Crippen molar-refractivity contribution in [1.82, 2.24) is 0 Å². The highest BCUT2D eigenvalue weighted by Crippen LogP contribution is 2.24. The van der Waals surface area contributed by atoms with E-state index in [4.69, 9.17) is 0 Å². The molecule has 3 aromatic carbocycles. The van der Waals surface area contributed by atoms with E-state index < -0.39 is 10.0 Å². The van der Waals surface area contributed by atoms with Crippen LogP contribution in [0.1, 0.15) is 10.4 Å². The van der Waals surface area contributed by atoms with Crippen molar-refractivity contribution < 1.29 is 13.2 Å². The first kappa shape index (κ1) is 21.7. The zero-order valence-electron chi connectivity index (χ0n) is 15.8. The molecule has 5 nitrogen and oxygen atoms in total. The molecule has 0 heterocycles. The number of carbonyl (C=O) groups excluding carboxylic acids is 1. The summed E-state index contributed by atoms with van der Waals surface area (Å²) in [6.07, 6.45) is 1.94. The molecule has 0 aliphatic carbocycles. The Bertz CT molecular complexity index is 1100. The van der Waals surface area contributed by atoms with Crippen LogP contribution in [0.2, 0.25) is 0 Å². The summed E-state index contributed by atoms with van der Waals surface area (Å²) in [6, 6.07) is 20.7. The molecule has 0 aliphatic rings. The molecule has 0 aliphatic heterocycles. The minimum Gasteiger partial charge on any atom is -0.322 e. The van der Waals surface area contributed by atoms with E-state index >= 15 is 0 Å². The van der Waals surface area contributed by atoms with Crippen LogP contribution in [-0.2, 0) is 10.0 Å². The minimum atomic E-state index is -3.68. The molecule has 1 N–H and O–H groups in total. The average molecular weight is 538 g/mol. The number of amides is 1. The number of thioether (sulfide) groups is 1. The van der Waals surface area contributed by atoms with Gasteiger partial charge in [0, 0.05) is 26.8 Å². The predicted molar refractivity (Wildman–Crippen MR) is 127 cm³/mol. The number of hydrogen-bond donors (Lipinski definition) is 1. The van der Waals surface area contributed by atoms with E-state index in [1.54, 1.807) is 60.3 Å². The summed E-state index contributed by atoms with van der Waals surface area (Å²) in [6.45, 7) is 0. The Morgan fingerprint density at radius 3 is 2.07 bits per heavy atom. The zero-order chi connectivity index (χ0) is 21.0. The van der Waals surface area contributed by atoms with Crippen molar-refractivity contribution in [3.05, 3.63) is 81.9 Å². The first-order valence-electron chi connectivity index (χ1n) is 8.61. The molecular weight excluding hydrogens is 519 g/mol. The summed E-state index contributed by atoms with van der Waals surface area (Å²) in [4.78, 5) is 13.6. The van der Waals surface area contributed by atoms with Crippen LogP contribution in [-0.4, -0.2) is 27.6 Å². The van der Waals surface area contributed by atoms with Crippen LogP contribution in [0.4, 0.5) is 11.4 Å². The van der Waals surface area contributed by atoms with Crippen LogP contribution in [0.25, 0.3) is 0 Å². The first-order chi connectivity index (χ1) is 13.8. The van der Waals surface area contributed by atoms with Crippen LogP contribution < -0.4 is 9.62 Å². The summed E-state index contributed by atoms with van der Waals surface area (Å²) in [7, 11) is -2.18. The molecule has 0 bridgehead atoms. The highest BCUT2D eigenvalue weighted by molar-refractivity contribution is 14.1. The van der Waals surface area contributed by atoms with Crippen molar-refractivity contribution >= 4 is 61.7 Å². The second-order valence-corrected chi connectivity index (χ2v) is 10.3. The van der Waals surface area contributed by atoms with Gasteiger partial charge in [0.25, 0.3) is 15.9 Å². The van der Waals surface area contributed by atoms with Crippen molar-refractivity contribution in [2.24, 2.45) is 0 Å². The number of nitrogens with one attached hydrogen (secondary N) is 1. The summed E-state index contributed by atoms with van der Waals surface area (Å²) in [5.41, 5.74) is 1.63. The maximum absolute atomic E-state index is 12.9. The van der Waals surface area contributed by atoms with E-state index in [0.29, 0.717) is 16.9 Å². The molecule has 0 spiro atoms. The number of rotatable bonds is 6. The van der Waals surface area contributed by atoms with Crippen LogP contribution in [0.5, 0.6) is 0 Å². The lowest BCUT2D eigenvalue weighted by atomic mass is 10.2. The van der Waals surface area contributed by atoms with E-state index in [-0.39, 0.29) is 10.8 Å². The quantitative estimate of drug-likeness (QED) is 0.351. The van der Waals surface area contributed by atoms with Crippen molar-refractivity contribution in [1.29, 1.82) is 0 Å². The summed E-state index contributed by atoms with van der Waals surface area (Å²) < 4.78 is 28.0. The minimum absolute atomic E-state index is 0.221. The number of anilines is 2. The molecule has 29 heavy (non-hydrogen) atoms. The molecule has 8 heteroatoms. The molecule has 0 unspecified atom stereocenters. The van der Waals surface area contributed by atoms with Gasteiger partial charge in [0.15, 0.2) is 0 Å². The molecule has 3 rings (SSSR count). The largest absolute Gasteiger partial charge is 0.322 e. The fourth-order valence-corrected chi connectivity index (χ4v) is 4.57. The van der Waals surface area contributed by atoms with Gasteiger partial charge in [-0.15, -0.1) is 11.8 Å². The van der Waals surface area contributed by atoms with Crippen LogP contribution in [0.3, 0.4) is 0 Å². The molecule has 3 aromatic rings. The average Bonchev–Trinajstić information content (AvgIpc) is 2.75. The molecule has 0 saturated heterocycles.